The third kappa shape index (κ3) is 3.64. The van der Waals surface area contributed by atoms with Crippen molar-refractivity contribution in [2.75, 3.05) is 42.8 Å². The van der Waals surface area contributed by atoms with Gasteiger partial charge in [0.1, 0.15) is 4.90 Å². The highest BCUT2D eigenvalue weighted by molar-refractivity contribution is 7.92. The Morgan fingerprint density at radius 2 is 1.72 bits per heavy atom. The van der Waals surface area contributed by atoms with Crippen LogP contribution in [0.2, 0.25) is 0 Å². The number of aromatic nitrogens is 2. The summed E-state index contributed by atoms with van der Waals surface area (Å²) in [5, 5.41) is 4.19. The third-order valence-electron chi connectivity index (χ3n) is 4.81. The van der Waals surface area contributed by atoms with E-state index in [-0.39, 0.29) is 4.90 Å². The zero-order valence-electron chi connectivity index (χ0n) is 15.2. The molecule has 2 heterocycles. The molecule has 1 aromatic carbocycles. The minimum absolute atomic E-state index is 0.251. The third-order valence-corrected chi connectivity index (χ3v) is 6.45. The Bertz CT molecular complexity index is 850. The van der Waals surface area contributed by atoms with Crippen LogP contribution in [0.25, 0.3) is 0 Å². The molecule has 2 aromatic rings. The molecular formula is C17H26N5O2S+. The van der Waals surface area contributed by atoms with Crippen molar-refractivity contribution in [2.45, 2.75) is 18.7 Å². The predicted octanol–water partition coefficient (Wildman–Crippen LogP) is 0.172. The highest BCUT2D eigenvalue weighted by atomic mass is 32.2. The van der Waals surface area contributed by atoms with E-state index in [1.165, 1.54) is 0 Å². The summed E-state index contributed by atoms with van der Waals surface area (Å²) in [6.45, 7) is 7.74. The van der Waals surface area contributed by atoms with Crippen LogP contribution in [0.4, 0.5) is 11.4 Å². The minimum Gasteiger partial charge on any atom is -0.360 e. The molecule has 1 aromatic heterocycles. The number of aryl methyl sites for hydroxylation is 2. The monoisotopic (exact) mass is 364 g/mol. The molecule has 2 N–H and O–H groups in total. The fraction of sp³-hybridized carbons (Fsp3) is 0.471. The van der Waals surface area contributed by atoms with Gasteiger partial charge in [-0.15, -0.1) is 0 Å². The van der Waals surface area contributed by atoms with Gasteiger partial charge in [0.25, 0.3) is 10.0 Å². The topological polar surface area (TPSA) is 71.7 Å². The summed E-state index contributed by atoms with van der Waals surface area (Å²) in [5.74, 6) is 0. The average molecular weight is 364 g/mol. The SMILES string of the molecule is Cc1nn(C)c(C)c1S(=O)(=O)Nc1ccc(N2CC[NH+](C)CC2)cc1. The van der Waals surface area contributed by atoms with Crippen LogP contribution in [0.15, 0.2) is 29.2 Å². The number of rotatable bonds is 4. The second-order valence-corrected chi connectivity index (χ2v) is 8.34. The minimum atomic E-state index is -3.65. The van der Waals surface area contributed by atoms with E-state index in [4.69, 9.17) is 0 Å². The molecule has 7 nitrogen and oxygen atoms in total. The van der Waals surface area contributed by atoms with Gasteiger partial charge in [-0.25, -0.2) is 8.42 Å². The number of hydrogen-bond acceptors (Lipinski definition) is 4. The molecule has 0 bridgehead atoms. The maximum atomic E-state index is 12.7. The van der Waals surface area contributed by atoms with Gasteiger partial charge in [0.05, 0.1) is 44.6 Å². The number of sulfonamides is 1. The Hall–Kier alpha value is -2.06. The molecule has 1 saturated heterocycles. The van der Waals surface area contributed by atoms with Gasteiger partial charge in [0, 0.05) is 18.4 Å². The van der Waals surface area contributed by atoms with E-state index in [2.05, 4.69) is 21.8 Å². The zero-order valence-corrected chi connectivity index (χ0v) is 16.0. The van der Waals surface area contributed by atoms with Crippen LogP contribution in [0.3, 0.4) is 0 Å². The molecule has 0 amide bonds. The van der Waals surface area contributed by atoms with E-state index in [1.807, 2.05) is 24.3 Å². The normalized spacial score (nSPS) is 16.2. The van der Waals surface area contributed by atoms with Crippen LogP contribution < -0.4 is 14.5 Å². The first kappa shape index (κ1) is 17.8. The van der Waals surface area contributed by atoms with E-state index in [9.17, 15) is 8.42 Å². The molecule has 0 spiro atoms. The lowest BCUT2D eigenvalue weighted by atomic mass is 10.2. The fourth-order valence-electron chi connectivity index (χ4n) is 3.24. The molecule has 0 aliphatic carbocycles. The van der Waals surface area contributed by atoms with Crippen molar-refractivity contribution in [3.63, 3.8) is 0 Å². The van der Waals surface area contributed by atoms with Crippen LogP contribution >= 0.6 is 0 Å². The van der Waals surface area contributed by atoms with Crippen LogP contribution in [0, 0.1) is 13.8 Å². The number of piperazine rings is 1. The summed E-state index contributed by atoms with van der Waals surface area (Å²) in [6, 6.07) is 7.58. The average Bonchev–Trinajstić information content (AvgIpc) is 2.82. The molecule has 0 radical (unpaired) electrons. The molecule has 0 unspecified atom stereocenters. The molecule has 1 fully saturated rings. The summed E-state index contributed by atoms with van der Waals surface area (Å²) < 4.78 is 29.7. The van der Waals surface area contributed by atoms with Gasteiger partial charge in [0.15, 0.2) is 0 Å². The van der Waals surface area contributed by atoms with Gasteiger partial charge >= 0.3 is 0 Å². The van der Waals surface area contributed by atoms with Gasteiger partial charge in [-0.05, 0) is 38.1 Å². The molecule has 25 heavy (non-hydrogen) atoms. The van der Waals surface area contributed by atoms with Crippen molar-refractivity contribution in [3.8, 4) is 0 Å². The molecule has 0 atom stereocenters. The largest absolute Gasteiger partial charge is 0.360 e. The molecule has 3 rings (SSSR count). The van der Waals surface area contributed by atoms with Crippen molar-refractivity contribution < 1.29 is 13.3 Å². The molecular weight excluding hydrogens is 338 g/mol. The van der Waals surface area contributed by atoms with Gasteiger partial charge in [0.2, 0.25) is 0 Å². The first-order valence-electron chi connectivity index (χ1n) is 8.47. The van der Waals surface area contributed by atoms with Crippen LogP contribution in [-0.4, -0.2) is 51.4 Å². The lowest BCUT2D eigenvalue weighted by Gasteiger charge is -2.31. The Morgan fingerprint density at radius 1 is 1.12 bits per heavy atom. The molecule has 1 aliphatic heterocycles. The Balaban J connectivity index is 1.77. The Morgan fingerprint density at radius 3 is 2.24 bits per heavy atom. The van der Waals surface area contributed by atoms with Crippen molar-refractivity contribution >= 4 is 21.4 Å². The number of quaternary nitrogens is 1. The lowest BCUT2D eigenvalue weighted by molar-refractivity contribution is -0.880. The van der Waals surface area contributed by atoms with E-state index < -0.39 is 10.0 Å². The smallest absolute Gasteiger partial charge is 0.265 e. The standard InChI is InChI=1S/C17H25N5O2S/c1-13-17(14(2)21(4)18-13)25(23,24)19-15-5-7-16(8-6-15)22-11-9-20(3)10-12-22/h5-8,19H,9-12H2,1-4H3/p+1. The first-order chi connectivity index (χ1) is 11.8. The molecule has 8 heteroatoms. The van der Waals surface area contributed by atoms with E-state index in [0.29, 0.717) is 17.1 Å². The predicted molar refractivity (Wildman–Crippen MR) is 98.8 cm³/mol. The number of nitrogens with one attached hydrogen (secondary N) is 2. The summed E-state index contributed by atoms with van der Waals surface area (Å²) in [7, 11) is 0.301. The number of nitrogens with zero attached hydrogens (tertiary/aromatic N) is 3. The van der Waals surface area contributed by atoms with Gasteiger partial charge < -0.3 is 9.80 Å². The van der Waals surface area contributed by atoms with Gasteiger partial charge in [-0.1, -0.05) is 0 Å². The van der Waals surface area contributed by atoms with Gasteiger partial charge in [-0.2, -0.15) is 5.10 Å². The van der Waals surface area contributed by atoms with Crippen LogP contribution in [0.1, 0.15) is 11.4 Å². The van der Waals surface area contributed by atoms with Crippen molar-refractivity contribution in [2.24, 2.45) is 7.05 Å². The van der Waals surface area contributed by atoms with Gasteiger partial charge in [-0.3, -0.25) is 9.40 Å². The first-order valence-corrected chi connectivity index (χ1v) is 9.95. The Labute approximate surface area is 149 Å². The van der Waals surface area contributed by atoms with Crippen LogP contribution in [-0.2, 0) is 17.1 Å². The quantitative estimate of drug-likeness (QED) is 0.812. The summed E-state index contributed by atoms with van der Waals surface area (Å²) >= 11 is 0. The highest BCUT2D eigenvalue weighted by Gasteiger charge is 2.24. The second kappa shape index (κ2) is 6.68. The van der Waals surface area contributed by atoms with E-state index in [0.717, 1.165) is 31.9 Å². The highest BCUT2D eigenvalue weighted by Crippen LogP contribution is 2.24. The number of benzene rings is 1. The summed E-state index contributed by atoms with van der Waals surface area (Å²) in [4.78, 5) is 4.13. The maximum absolute atomic E-state index is 12.7. The number of likely N-dealkylation sites (N-methyl/N-ethyl adjacent to an activating group) is 1. The van der Waals surface area contributed by atoms with E-state index >= 15 is 0 Å². The molecule has 136 valence electrons. The summed E-state index contributed by atoms with van der Waals surface area (Å²) in [5.41, 5.74) is 2.82. The van der Waals surface area contributed by atoms with Crippen LogP contribution in [0.5, 0.6) is 0 Å². The number of anilines is 2. The molecule has 0 saturated carbocycles. The second-order valence-electron chi connectivity index (χ2n) is 6.72. The summed E-state index contributed by atoms with van der Waals surface area (Å²) in [6.07, 6.45) is 0. The van der Waals surface area contributed by atoms with Crippen molar-refractivity contribution in [1.82, 2.24) is 9.78 Å². The zero-order chi connectivity index (χ0) is 18.2. The lowest BCUT2D eigenvalue weighted by Crippen LogP contribution is -3.12. The van der Waals surface area contributed by atoms with Crippen molar-refractivity contribution in [3.05, 3.63) is 35.7 Å². The fourth-order valence-corrected chi connectivity index (χ4v) is 4.74. The Kier molecular flexibility index (Phi) is 4.75. The number of hydrogen-bond donors (Lipinski definition) is 2. The van der Waals surface area contributed by atoms with Crippen molar-refractivity contribution in [1.29, 1.82) is 0 Å². The maximum Gasteiger partial charge on any atom is 0.265 e. The van der Waals surface area contributed by atoms with E-state index in [1.54, 1.807) is 30.5 Å². The molecule has 1 aliphatic rings.